The molecule has 0 radical (unpaired) electrons. The molecule has 1 saturated carbocycles. The van der Waals surface area contributed by atoms with Crippen LogP contribution in [0.5, 0.6) is 0 Å². The molecule has 152 valence electrons. The number of imide groups is 1. The molecule has 2 bridgehead atoms. The number of nitrogens with zero attached hydrogens (tertiary/aromatic N) is 2. The first-order valence-electron chi connectivity index (χ1n) is 10.7. The standard InChI is InChI=1S/C23H28N4O2/c1-24-23(26-13-17-9-6-14-4-2-3-5-18(14)17)25-10-11-27-21(28)19-15-7-8-16(12-15)20(19)22(27)29/h2-5,7-8,15-17,19-20H,6,9-13H2,1H3,(H2,24,25,26). The van der Waals surface area contributed by atoms with Crippen molar-refractivity contribution in [3.05, 3.63) is 47.5 Å². The number of guanidine groups is 1. The van der Waals surface area contributed by atoms with E-state index >= 15 is 0 Å². The van der Waals surface area contributed by atoms with E-state index in [0.717, 1.165) is 31.8 Å². The van der Waals surface area contributed by atoms with Crippen LogP contribution in [0.4, 0.5) is 0 Å². The van der Waals surface area contributed by atoms with Gasteiger partial charge in [-0.1, -0.05) is 36.4 Å². The summed E-state index contributed by atoms with van der Waals surface area (Å²) in [5, 5.41) is 6.67. The van der Waals surface area contributed by atoms with E-state index in [1.165, 1.54) is 16.0 Å². The summed E-state index contributed by atoms with van der Waals surface area (Å²) in [5.74, 6) is 1.55. The normalized spacial score (nSPS) is 32.1. The molecule has 0 aromatic heterocycles. The SMILES string of the molecule is CN=C(NCCN1C(=O)C2C3C=CC(C3)C2C1=O)NCC1CCc2ccccc21. The van der Waals surface area contributed by atoms with Gasteiger partial charge < -0.3 is 10.6 Å². The maximum Gasteiger partial charge on any atom is 0.233 e. The van der Waals surface area contributed by atoms with Gasteiger partial charge in [-0.3, -0.25) is 19.5 Å². The minimum absolute atomic E-state index is 0.0177. The number of amides is 2. The Morgan fingerprint density at radius 2 is 1.83 bits per heavy atom. The van der Waals surface area contributed by atoms with E-state index in [-0.39, 0.29) is 35.5 Å². The van der Waals surface area contributed by atoms with Crippen LogP contribution < -0.4 is 10.6 Å². The van der Waals surface area contributed by atoms with Crippen molar-refractivity contribution in [2.45, 2.75) is 25.2 Å². The van der Waals surface area contributed by atoms with Gasteiger partial charge in [-0.2, -0.15) is 0 Å². The molecule has 5 rings (SSSR count). The van der Waals surface area contributed by atoms with E-state index in [2.05, 4.69) is 52.0 Å². The second-order valence-corrected chi connectivity index (χ2v) is 8.64. The first-order chi connectivity index (χ1) is 14.2. The van der Waals surface area contributed by atoms with E-state index in [4.69, 9.17) is 0 Å². The second-order valence-electron chi connectivity index (χ2n) is 8.64. The van der Waals surface area contributed by atoms with Crippen molar-refractivity contribution in [1.29, 1.82) is 0 Å². The monoisotopic (exact) mass is 392 g/mol. The zero-order valence-electron chi connectivity index (χ0n) is 16.8. The van der Waals surface area contributed by atoms with Gasteiger partial charge in [0.2, 0.25) is 11.8 Å². The summed E-state index contributed by atoms with van der Waals surface area (Å²) in [6, 6.07) is 8.63. The van der Waals surface area contributed by atoms with E-state index in [9.17, 15) is 9.59 Å². The Hall–Kier alpha value is -2.63. The maximum atomic E-state index is 12.7. The van der Waals surface area contributed by atoms with Gasteiger partial charge in [0.1, 0.15) is 0 Å². The molecule has 5 unspecified atom stereocenters. The second kappa shape index (κ2) is 7.32. The number of carbonyl (C=O) groups excluding carboxylic acids is 2. The van der Waals surface area contributed by atoms with Crippen LogP contribution in [0.1, 0.15) is 29.9 Å². The third kappa shape index (κ3) is 3.05. The Labute approximate surface area is 171 Å². The Kier molecular flexibility index (Phi) is 4.64. The van der Waals surface area contributed by atoms with E-state index in [0.29, 0.717) is 19.0 Å². The number of aliphatic imine (C=N–C) groups is 1. The van der Waals surface area contributed by atoms with Crippen LogP contribution >= 0.6 is 0 Å². The fraction of sp³-hybridized carbons (Fsp3) is 0.522. The molecular formula is C23H28N4O2. The van der Waals surface area contributed by atoms with E-state index in [1.807, 2.05) is 0 Å². The van der Waals surface area contributed by atoms with Gasteiger partial charge in [-0.15, -0.1) is 0 Å². The Bertz CT molecular complexity index is 863. The number of nitrogens with one attached hydrogen (secondary N) is 2. The van der Waals surface area contributed by atoms with Crippen LogP contribution in [0.15, 0.2) is 41.4 Å². The third-order valence-electron chi connectivity index (χ3n) is 7.19. The van der Waals surface area contributed by atoms with Gasteiger partial charge in [-0.05, 0) is 42.2 Å². The van der Waals surface area contributed by atoms with Crippen molar-refractivity contribution in [3.63, 3.8) is 0 Å². The highest BCUT2D eigenvalue weighted by Crippen LogP contribution is 2.52. The number of rotatable bonds is 5. The molecule has 0 spiro atoms. The van der Waals surface area contributed by atoms with Crippen molar-refractivity contribution in [2.75, 3.05) is 26.7 Å². The van der Waals surface area contributed by atoms with Crippen LogP contribution in [-0.2, 0) is 16.0 Å². The van der Waals surface area contributed by atoms with E-state index in [1.54, 1.807) is 7.05 Å². The Morgan fingerprint density at radius 3 is 2.55 bits per heavy atom. The molecule has 5 atom stereocenters. The predicted molar refractivity (Wildman–Crippen MR) is 111 cm³/mol. The summed E-state index contributed by atoms with van der Waals surface area (Å²) in [7, 11) is 1.75. The number of allylic oxidation sites excluding steroid dienone is 2. The zero-order chi connectivity index (χ0) is 20.0. The average Bonchev–Trinajstić information content (AvgIpc) is 3.50. The van der Waals surface area contributed by atoms with Crippen LogP contribution in [0.25, 0.3) is 0 Å². The smallest absolute Gasteiger partial charge is 0.233 e. The first-order valence-corrected chi connectivity index (χ1v) is 10.7. The summed E-state index contributed by atoms with van der Waals surface area (Å²) in [6.07, 6.45) is 7.52. The van der Waals surface area contributed by atoms with Gasteiger partial charge in [0.25, 0.3) is 0 Å². The molecule has 6 nitrogen and oxygen atoms in total. The molecular weight excluding hydrogens is 364 g/mol. The lowest BCUT2D eigenvalue weighted by Gasteiger charge is -2.19. The topological polar surface area (TPSA) is 73.8 Å². The third-order valence-corrected chi connectivity index (χ3v) is 7.19. The number of likely N-dealkylation sites (tertiary alicyclic amines) is 1. The molecule has 2 fully saturated rings. The summed E-state index contributed by atoms with van der Waals surface area (Å²) >= 11 is 0. The molecule has 29 heavy (non-hydrogen) atoms. The molecule has 1 aromatic rings. The minimum atomic E-state index is -0.114. The molecule has 4 aliphatic rings. The highest BCUT2D eigenvalue weighted by atomic mass is 16.2. The summed E-state index contributed by atoms with van der Waals surface area (Å²) in [4.78, 5) is 31.3. The maximum absolute atomic E-state index is 12.7. The van der Waals surface area contributed by atoms with Gasteiger partial charge in [0, 0.05) is 32.6 Å². The molecule has 2 N–H and O–H groups in total. The van der Waals surface area contributed by atoms with Crippen LogP contribution in [0.3, 0.4) is 0 Å². The summed E-state index contributed by atoms with van der Waals surface area (Å²) in [6.45, 7) is 1.75. The van der Waals surface area contributed by atoms with Crippen LogP contribution in [0.2, 0.25) is 0 Å². The highest BCUT2D eigenvalue weighted by Gasteiger charge is 2.58. The lowest BCUT2D eigenvalue weighted by molar-refractivity contribution is -0.140. The number of carbonyl (C=O) groups is 2. The number of hydrogen-bond acceptors (Lipinski definition) is 3. The van der Waals surface area contributed by atoms with Crippen molar-refractivity contribution in [2.24, 2.45) is 28.7 Å². The molecule has 1 aliphatic heterocycles. The van der Waals surface area contributed by atoms with Crippen LogP contribution in [-0.4, -0.2) is 49.4 Å². The fourth-order valence-corrected chi connectivity index (χ4v) is 5.77. The Balaban J connectivity index is 1.12. The Morgan fingerprint density at radius 1 is 1.10 bits per heavy atom. The lowest BCUT2D eigenvalue weighted by Crippen LogP contribution is -2.44. The first kappa shape index (κ1) is 18.4. The molecule has 1 saturated heterocycles. The van der Waals surface area contributed by atoms with Crippen molar-refractivity contribution in [3.8, 4) is 0 Å². The number of fused-ring (bicyclic) bond motifs is 6. The largest absolute Gasteiger partial charge is 0.356 e. The number of hydrogen-bond donors (Lipinski definition) is 2. The highest BCUT2D eigenvalue weighted by molar-refractivity contribution is 6.06. The summed E-state index contributed by atoms with van der Waals surface area (Å²) < 4.78 is 0. The van der Waals surface area contributed by atoms with Crippen molar-refractivity contribution in [1.82, 2.24) is 15.5 Å². The molecule has 1 heterocycles. The molecule has 2 amide bonds. The van der Waals surface area contributed by atoms with E-state index < -0.39 is 0 Å². The summed E-state index contributed by atoms with van der Waals surface area (Å²) in [5.41, 5.74) is 2.88. The molecule has 1 aromatic carbocycles. The van der Waals surface area contributed by atoms with Crippen molar-refractivity contribution < 1.29 is 9.59 Å². The van der Waals surface area contributed by atoms with Gasteiger partial charge >= 0.3 is 0 Å². The molecule has 3 aliphatic carbocycles. The van der Waals surface area contributed by atoms with Crippen LogP contribution in [0, 0.1) is 23.7 Å². The van der Waals surface area contributed by atoms with Gasteiger partial charge in [0.05, 0.1) is 11.8 Å². The van der Waals surface area contributed by atoms with Gasteiger partial charge in [0.15, 0.2) is 5.96 Å². The predicted octanol–water partition coefficient (Wildman–Crippen LogP) is 1.69. The fourth-order valence-electron chi connectivity index (χ4n) is 5.77. The average molecular weight is 393 g/mol. The number of benzene rings is 1. The zero-order valence-corrected chi connectivity index (χ0v) is 16.8. The lowest BCUT2D eigenvalue weighted by atomic mass is 9.85. The quantitative estimate of drug-likeness (QED) is 0.346. The van der Waals surface area contributed by atoms with Gasteiger partial charge in [-0.25, -0.2) is 0 Å². The molecule has 6 heteroatoms. The number of aryl methyl sites for hydroxylation is 1. The van der Waals surface area contributed by atoms with Crippen molar-refractivity contribution >= 4 is 17.8 Å². The minimum Gasteiger partial charge on any atom is -0.356 e.